The van der Waals surface area contributed by atoms with Gasteiger partial charge in [-0.3, -0.25) is 0 Å². The molecule has 3 heteroatoms. The van der Waals surface area contributed by atoms with Gasteiger partial charge in [-0.05, 0) is 25.8 Å². The minimum absolute atomic E-state index is 0.0713. The van der Waals surface area contributed by atoms with Crippen LogP contribution in [-0.4, -0.2) is 41.6 Å². The summed E-state index contributed by atoms with van der Waals surface area (Å²) in [5.41, 5.74) is 0. The molecule has 2 nitrogen and oxygen atoms in total. The monoisotopic (exact) mass is 191 g/mol. The highest BCUT2D eigenvalue weighted by Gasteiger charge is 2.18. The summed E-state index contributed by atoms with van der Waals surface area (Å²) in [6.45, 7) is 3.08. The lowest BCUT2D eigenvalue weighted by Crippen LogP contribution is -2.23. The Balaban J connectivity index is 1.93. The number of hydrogen-bond donors (Lipinski definition) is 1. The molecule has 1 unspecified atom stereocenters. The van der Waals surface area contributed by atoms with E-state index in [1.54, 1.807) is 0 Å². The Morgan fingerprint density at radius 2 is 2.17 bits per heavy atom. The number of alkyl halides is 1. The quantitative estimate of drug-likeness (QED) is 0.526. The molecule has 0 saturated carbocycles. The van der Waals surface area contributed by atoms with Crippen molar-refractivity contribution in [1.29, 1.82) is 0 Å². The van der Waals surface area contributed by atoms with Crippen molar-refractivity contribution in [3.63, 3.8) is 0 Å². The van der Waals surface area contributed by atoms with Crippen LogP contribution in [0.2, 0.25) is 0 Å². The maximum Gasteiger partial charge on any atom is 0.0679 e. The summed E-state index contributed by atoms with van der Waals surface area (Å²) in [7, 11) is 0. The van der Waals surface area contributed by atoms with Crippen molar-refractivity contribution in [3.05, 3.63) is 0 Å². The molecule has 0 aromatic rings. The summed E-state index contributed by atoms with van der Waals surface area (Å²) in [5.74, 6) is 0.780. The summed E-state index contributed by atoms with van der Waals surface area (Å²) in [4.78, 5) is 2.33. The molecule has 1 atom stereocenters. The molecule has 0 aromatic heterocycles. The van der Waals surface area contributed by atoms with Gasteiger partial charge >= 0.3 is 0 Å². The third kappa shape index (κ3) is 3.74. The summed E-state index contributed by atoms with van der Waals surface area (Å²) >= 11 is 5.57. The second-order valence-corrected chi connectivity index (χ2v) is 3.87. The van der Waals surface area contributed by atoms with Crippen LogP contribution in [0.25, 0.3) is 0 Å². The van der Waals surface area contributed by atoms with Crippen LogP contribution in [0.3, 0.4) is 0 Å². The standard InChI is InChI=1S/C9H18ClNO/c10-5-2-1-3-6-11-7-4-9(12)8-11/h9,12H,1-8H2. The molecule has 12 heavy (non-hydrogen) atoms. The predicted octanol–water partition coefficient (Wildman–Crippen LogP) is 1.46. The number of aliphatic hydroxyl groups is 1. The average Bonchev–Trinajstić information content (AvgIpc) is 2.45. The van der Waals surface area contributed by atoms with Crippen LogP contribution in [0.15, 0.2) is 0 Å². The first-order chi connectivity index (χ1) is 5.83. The SMILES string of the molecule is OC1CCN(CCCCCCl)C1. The minimum Gasteiger partial charge on any atom is -0.392 e. The molecule has 0 aliphatic carbocycles. The van der Waals surface area contributed by atoms with Crippen molar-refractivity contribution in [2.45, 2.75) is 31.8 Å². The highest BCUT2D eigenvalue weighted by molar-refractivity contribution is 6.17. The second-order valence-electron chi connectivity index (χ2n) is 3.49. The van der Waals surface area contributed by atoms with E-state index in [0.717, 1.165) is 38.4 Å². The molecular weight excluding hydrogens is 174 g/mol. The zero-order valence-electron chi connectivity index (χ0n) is 7.51. The Hall–Kier alpha value is 0.210. The van der Waals surface area contributed by atoms with E-state index in [4.69, 9.17) is 11.6 Å². The van der Waals surface area contributed by atoms with Crippen LogP contribution in [-0.2, 0) is 0 Å². The first-order valence-electron chi connectivity index (χ1n) is 4.79. The third-order valence-corrected chi connectivity index (χ3v) is 2.62. The van der Waals surface area contributed by atoms with E-state index < -0.39 is 0 Å². The first-order valence-corrected chi connectivity index (χ1v) is 5.33. The van der Waals surface area contributed by atoms with Crippen LogP contribution in [0.1, 0.15) is 25.7 Å². The van der Waals surface area contributed by atoms with Crippen molar-refractivity contribution in [1.82, 2.24) is 4.90 Å². The normalized spacial score (nSPS) is 25.0. The Bertz CT molecular complexity index is 121. The largest absolute Gasteiger partial charge is 0.392 e. The number of rotatable bonds is 5. The maximum absolute atomic E-state index is 9.24. The lowest BCUT2D eigenvalue weighted by Gasteiger charge is -2.13. The third-order valence-electron chi connectivity index (χ3n) is 2.36. The van der Waals surface area contributed by atoms with E-state index in [9.17, 15) is 5.11 Å². The van der Waals surface area contributed by atoms with Crippen molar-refractivity contribution >= 4 is 11.6 Å². The van der Waals surface area contributed by atoms with Crippen molar-refractivity contribution in [3.8, 4) is 0 Å². The number of aliphatic hydroxyl groups excluding tert-OH is 1. The molecule has 1 rings (SSSR count). The molecule has 1 heterocycles. The molecule has 0 amide bonds. The van der Waals surface area contributed by atoms with E-state index in [2.05, 4.69) is 4.90 Å². The van der Waals surface area contributed by atoms with Gasteiger partial charge in [-0.1, -0.05) is 6.42 Å². The van der Waals surface area contributed by atoms with Gasteiger partial charge in [-0.25, -0.2) is 0 Å². The Labute approximate surface area is 79.5 Å². The van der Waals surface area contributed by atoms with Crippen LogP contribution >= 0.6 is 11.6 Å². The number of nitrogens with zero attached hydrogens (tertiary/aromatic N) is 1. The molecule has 1 fully saturated rings. The zero-order valence-corrected chi connectivity index (χ0v) is 8.26. The van der Waals surface area contributed by atoms with Gasteiger partial charge in [0.1, 0.15) is 0 Å². The summed E-state index contributed by atoms with van der Waals surface area (Å²) in [6, 6.07) is 0. The molecule has 1 aliphatic heterocycles. The fourth-order valence-corrected chi connectivity index (χ4v) is 1.81. The van der Waals surface area contributed by atoms with Gasteiger partial charge in [0.05, 0.1) is 6.10 Å². The predicted molar refractivity (Wildman–Crippen MR) is 51.6 cm³/mol. The van der Waals surface area contributed by atoms with E-state index in [-0.39, 0.29) is 6.10 Å². The Morgan fingerprint density at radius 1 is 1.33 bits per heavy atom. The van der Waals surface area contributed by atoms with Crippen LogP contribution in [0, 0.1) is 0 Å². The van der Waals surface area contributed by atoms with E-state index >= 15 is 0 Å². The molecular formula is C9H18ClNO. The number of β-amino-alcohol motifs (C(OH)–C–C–N with tert-alkyl or cyclic N) is 1. The maximum atomic E-state index is 9.24. The highest BCUT2D eigenvalue weighted by atomic mass is 35.5. The minimum atomic E-state index is -0.0713. The number of likely N-dealkylation sites (tertiary alicyclic amines) is 1. The van der Waals surface area contributed by atoms with E-state index in [1.165, 1.54) is 12.8 Å². The summed E-state index contributed by atoms with van der Waals surface area (Å²) in [6.07, 6.45) is 4.45. The van der Waals surface area contributed by atoms with Crippen LogP contribution in [0.5, 0.6) is 0 Å². The first kappa shape index (κ1) is 10.3. The Kier molecular flexibility index (Phi) is 4.96. The van der Waals surface area contributed by atoms with Gasteiger partial charge in [0.2, 0.25) is 0 Å². The molecule has 1 saturated heterocycles. The second kappa shape index (κ2) is 5.79. The van der Waals surface area contributed by atoms with Gasteiger partial charge in [0.15, 0.2) is 0 Å². The molecule has 0 spiro atoms. The molecule has 0 bridgehead atoms. The molecule has 0 aromatic carbocycles. The van der Waals surface area contributed by atoms with Crippen LogP contribution in [0.4, 0.5) is 0 Å². The topological polar surface area (TPSA) is 23.5 Å². The van der Waals surface area contributed by atoms with Gasteiger partial charge in [-0.15, -0.1) is 11.6 Å². The Morgan fingerprint density at radius 3 is 2.75 bits per heavy atom. The van der Waals surface area contributed by atoms with Crippen molar-refractivity contribution in [2.75, 3.05) is 25.5 Å². The fraction of sp³-hybridized carbons (Fsp3) is 1.00. The van der Waals surface area contributed by atoms with Gasteiger partial charge < -0.3 is 10.0 Å². The summed E-state index contributed by atoms with van der Waals surface area (Å²) < 4.78 is 0. The van der Waals surface area contributed by atoms with E-state index in [0.29, 0.717) is 0 Å². The van der Waals surface area contributed by atoms with Crippen LogP contribution < -0.4 is 0 Å². The number of hydrogen-bond acceptors (Lipinski definition) is 2. The molecule has 1 aliphatic rings. The highest BCUT2D eigenvalue weighted by Crippen LogP contribution is 2.10. The fourth-order valence-electron chi connectivity index (χ4n) is 1.62. The smallest absolute Gasteiger partial charge is 0.0679 e. The average molecular weight is 192 g/mol. The van der Waals surface area contributed by atoms with Gasteiger partial charge in [0.25, 0.3) is 0 Å². The lowest BCUT2D eigenvalue weighted by molar-refractivity contribution is 0.176. The summed E-state index contributed by atoms with van der Waals surface area (Å²) in [5, 5.41) is 9.24. The number of halogens is 1. The lowest BCUT2D eigenvalue weighted by atomic mass is 10.2. The molecule has 1 N–H and O–H groups in total. The van der Waals surface area contributed by atoms with E-state index in [1.807, 2.05) is 0 Å². The molecule has 72 valence electrons. The zero-order chi connectivity index (χ0) is 8.81. The van der Waals surface area contributed by atoms with Crippen molar-refractivity contribution in [2.24, 2.45) is 0 Å². The van der Waals surface area contributed by atoms with Crippen molar-refractivity contribution < 1.29 is 5.11 Å². The van der Waals surface area contributed by atoms with Gasteiger partial charge in [0, 0.05) is 19.0 Å². The number of unbranched alkanes of at least 4 members (excludes halogenated alkanes) is 2. The van der Waals surface area contributed by atoms with Gasteiger partial charge in [-0.2, -0.15) is 0 Å². The molecule has 0 radical (unpaired) electrons.